The highest BCUT2D eigenvalue weighted by atomic mass is 32.2. The molecule has 158 valence electrons. The summed E-state index contributed by atoms with van der Waals surface area (Å²) in [6.07, 6.45) is 3.50. The number of carbonyl (C=O) groups is 1. The van der Waals surface area contributed by atoms with E-state index in [2.05, 4.69) is 18.8 Å². The van der Waals surface area contributed by atoms with Crippen LogP contribution in [0.15, 0.2) is 71.9 Å². The fraction of sp³-hybridized carbons (Fsp3) is 0.208. The third kappa shape index (κ3) is 5.06. The third-order valence-electron chi connectivity index (χ3n) is 4.60. The summed E-state index contributed by atoms with van der Waals surface area (Å²) in [5.41, 5.74) is 2.42. The number of methoxy groups -OCH3 is 1. The molecule has 2 aromatic carbocycles. The van der Waals surface area contributed by atoms with Gasteiger partial charge in [0.1, 0.15) is 5.75 Å². The number of aromatic nitrogens is 2. The number of anilines is 1. The van der Waals surface area contributed by atoms with Gasteiger partial charge in [-0.1, -0.05) is 31.3 Å². The zero-order valence-electron chi connectivity index (χ0n) is 17.6. The maximum Gasteiger partial charge on any atom is 0.260 e. The molecule has 0 saturated carbocycles. The van der Waals surface area contributed by atoms with Crippen molar-refractivity contribution in [3.8, 4) is 5.75 Å². The molecular formula is C24H23N3O2S2. The quantitative estimate of drug-likeness (QED) is 0.322. The Kier molecular flexibility index (Phi) is 6.53. The minimum atomic E-state index is -0.0871. The average Bonchev–Trinajstić information content (AvgIpc) is 3.20. The first-order valence-corrected chi connectivity index (χ1v) is 11.6. The van der Waals surface area contributed by atoms with Gasteiger partial charge in [-0.3, -0.25) is 14.7 Å². The highest BCUT2D eigenvalue weighted by Gasteiger charge is 2.22. The van der Waals surface area contributed by atoms with Crippen molar-refractivity contribution in [3.05, 3.63) is 78.1 Å². The lowest BCUT2D eigenvalue weighted by Gasteiger charge is -2.20. The van der Waals surface area contributed by atoms with E-state index in [0.717, 1.165) is 26.4 Å². The number of thioether (sulfide) groups is 1. The molecule has 0 saturated heterocycles. The van der Waals surface area contributed by atoms with Crippen LogP contribution >= 0.6 is 23.1 Å². The van der Waals surface area contributed by atoms with Crippen molar-refractivity contribution in [1.82, 2.24) is 9.97 Å². The van der Waals surface area contributed by atoms with E-state index in [-0.39, 0.29) is 5.91 Å². The van der Waals surface area contributed by atoms with Gasteiger partial charge in [0.15, 0.2) is 5.13 Å². The molecule has 0 radical (unpaired) electrons. The van der Waals surface area contributed by atoms with Crippen molar-refractivity contribution in [2.75, 3.05) is 12.0 Å². The highest BCUT2D eigenvalue weighted by molar-refractivity contribution is 7.99. The van der Waals surface area contributed by atoms with Crippen LogP contribution in [0.2, 0.25) is 0 Å². The van der Waals surface area contributed by atoms with E-state index in [9.17, 15) is 4.79 Å². The minimum absolute atomic E-state index is 0.0871. The van der Waals surface area contributed by atoms with E-state index in [1.54, 1.807) is 36.2 Å². The Morgan fingerprint density at radius 2 is 1.97 bits per heavy atom. The summed E-state index contributed by atoms with van der Waals surface area (Å²) in [6.45, 7) is 4.70. The number of amides is 1. The van der Waals surface area contributed by atoms with Crippen molar-refractivity contribution >= 4 is 44.4 Å². The van der Waals surface area contributed by atoms with Gasteiger partial charge >= 0.3 is 0 Å². The molecule has 0 aliphatic heterocycles. The van der Waals surface area contributed by atoms with Gasteiger partial charge in [0.25, 0.3) is 5.91 Å². The molecule has 0 unspecified atom stereocenters. The van der Waals surface area contributed by atoms with Crippen LogP contribution in [0.25, 0.3) is 10.2 Å². The standard InChI is InChI=1S/C24H23N3O2S2/c1-16(2)30-20-9-6-18(7-10-20)23(28)27(15-17-5-4-12-25-14-17)24-26-21-11-8-19(29-3)13-22(21)31-24/h4-14,16H,15H2,1-3H3. The van der Waals surface area contributed by atoms with Crippen LogP contribution in [0.4, 0.5) is 5.13 Å². The van der Waals surface area contributed by atoms with E-state index >= 15 is 0 Å². The predicted octanol–water partition coefficient (Wildman–Crippen LogP) is 6.05. The normalized spacial score (nSPS) is 11.1. The lowest BCUT2D eigenvalue weighted by atomic mass is 10.2. The summed E-state index contributed by atoms with van der Waals surface area (Å²) in [7, 11) is 1.64. The minimum Gasteiger partial charge on any atom is -0.497 e. The molecule has 7 heteroatoms. The number of pyridine rings is 1. The Labute approximate surface area is 190 Å². The Balaban J connectivity index is 1.69. The zero-order valence-corrected chi connectivity index (χ0v) is 19.2. The van der Waals surface area contributed by atoms with Crippen LogP contribution in [0.3, 0.4) is 0 Å². The second-order valence-electron chi connectivity index (χ2n) is 7.27. The van der Waals surface area contributed by atoms with E-state index in [1.807, 2.05) is 54.6 Å². The van der Waals surface area contributed by atoms with E-state index < -0.39 is 0 Å². The van der Waals surface area contributed by atoms with Crippen LogP contribution in [0, 0.1) is 0 Å². The topological polar surface area (TPSA) is 55.3 Å². The molecule has 0 aliphatic carbocycles. The zero-order chi connectivity index (χ0) is 21.8. The maximum absolute atomic E-state index is 13.5. The Morgan fingerprint density at radius 1 is 1.16 bits per heavy atom. The fourth-order valence-corrected chi connectivity index (χ4v) is 4.97. The molecule has 0 bridgehead atoms. The molecule has 0 spiro atoms. The number of nitrogens with zero attached hydrogens (tertiary/aromatic N) is 3. The summed E-state index contributed by atoms with van der Waals surface area (Å²) < 4.78 is 6.31. The number of rotatable bonds is 7. The summed E-state index contributed by atoms with van der Waals surface area (Å²) in [4.78, 5) is 25.3. The number of thiazole rings is 1. The van der Waals surface area contributed by atoms with E-state index in [0.29, 0.717) is 22.5 Å². The van der Waals surface area contributed by atoms with Crippen LogP contribution in [0.5, 0.6) is 5.75 Å². The Hall–Kier alpha value is -2.90. The molecule has 31 heavy (non-hydrogen) atoms. The van der Waals surface area contributed by atoms with Gasteiger partial charge in [-0.25, -0.2) is 4.98 Å². The van der Waals surface area contributed by atoms with Gasteiger partial charge in [-0.2, -0.15) is 0 Å². The first-order valence-electron chi connectivity index (χ1n) is 9.95. The van der Waals surface area contributed by atoms with Crippen molar-refractivity contribution in [1.29, 1.82) is 0 Å². The number of benzene rings is 2. The lowest BCUT2D eigenvalue weighted by molar-refractivity contribution is 0.0985. The molecule has 2 heterocycles. The van der Waals surface area contributed by atoms with Crippen LogP contribution in [-0.4, -0.2) is 28.2 Å². The average molecular weight is 450 g/mol. The van der Waals surface area contributed by atoms with E-state index in [4.69, 9.17) is 9.72 Å². The fourth-order valence-electron chi connectivity index (χ4n) is 3.14. The molecule has 4 aromatic rings. The highest BCUT2D eigenvalue weighted by Crippen LogP contribution is 2.33. The summed E-state index contributed by atoms with van der Waals surface area (Å²) in [6, 6.07) is 17.4. The SMILES string of the molecule is COc1ccc2nc(N(Cc3cccnc3)C(=O)c3ccc(SC(C)C)cc3)sc2c1. The number of carbonyl (C=O) groups excluding carboxylic acids is 1. The number of hydrogen-bond donors (Lipinski definition) is 0. The number of fused-ring (bicyclic) bond motifs is 1. The molecule has 4 rings (SSSR count). The summed E-state index contributed by atoms with van der Waals surface area (Å²) >= 11 is 3.26. The van der Waals surface area contributed by atoms with Gasteiger partial charge in [-0.15, -0.1) is 11.8 Å². The molecule has 0 fully saturated rings. The Bertz CT molecular complexity index is 1170. The van der Waals surface area contributed by atoms with Crippen LogP contribution in [0.1, 0.15) is 29.8 Å². The van der Waals surface area contributed by atoms with Crippen molar-refractivity contribution in [2.45, 2.75) is 30.5 Å². The summed E-state index contributed by atoms with van der Waals surface area (Å²) in [5.74, 6) is 0.682. The van der Waals surface area contributed by atoms with Crippen LogP contribution < -0.4 is 9.64 Å². The first-order chi connectivity index (χ1) is 15.0. The van der Waals surface area contributed by atoms with Crippen molar-refractivity contribution in [3.63, 3.8) is 0 Å². The maximum atomic E-state index is 13.5. The largest absolute Gasteiger partial charge is 0.497 e. The molecule has 5 nitrogen and oxygen atoms in total. The van der Waals surface area contributed by atoms with Crippen LogP contribution in [-0.2, 0) is 6.54 Å². The molecule has 1 amide bonds. The molecule has 0 atom stereocenters. The number of hydrogen-bond acceptors (Lipinski definition) is 6. The lowest BCUT2D eigenvalue weighted by Crippen LogP contribution is -2.30. The summed E-state index contributed by atoms with van der Waals surface area (Å²) in [5, 5.41) is 1.14. The molecule has 0 aliphatic rings. The van der Waals surface area contributed by atoms with Crippen molar-refractivity contribution < 1.29 is 9.53 Å². The van der Waals surface area contributed by atoms with Crippen molar-refractivity contribution in [2.24, 2.45) is 0 Å². The first kappa shape index (κ1) is 21.3. The van der Waals surface area contributed by atoms with Gasteiger partial charge in [0.05, 0.1) is 23.9 Å². The smallest absolute Gasteiger partial charge is 0.260 e. The Morgan fingerprint density at radius 3 is 2.65 bits per heavy atom. The number of ether oxygens (including phenoxy) is 1. The predicted molar refractivity (Wildman–Crippen MR) is 128 cm³/mol. The molecule has 2 aromatic heterocycles. The van der Waals surface area contributed by atoms with Gasteiger partial charge in [0.2, 0.25) is 0 Å². The second-order valence-corrected chi connectivity index (χ2v) is 9.93. The van der Waals surface area contributed by atoms with Gasteiger partial charge in [0, 0.05) is 28.1 Å². The molecular weight excluding hydrogens is 426 g/mol. The third-order valence-corrected chi connectivity index (χ3v) is 6.65. The van der Waals surface area contributed by atoms with Gasteiger partial charge in [-0.05, 0) is 54.1 Å². The second kappa shape index (κ2) is 9.49. The van der Waals surface area contributed by atoms with E-state index in [1.165, 1.54) is 11.3 Å². The van der Waals surface area contributed by atoms with Gasteiger partial charge < -0.3 is 4.74 Å². The monoisotopic (exact) mass is 449 g/mol. The molecule has 0 N–H and O–H groups in total.